The Morgan fingerprint density at radius 3 is 2.67 bits per heavy atom. The Kier molecular flexibility index (Phi) is 5.50. The van der Waals surface area contributed by atoms with Crippen LogP contribution in [0.4, 0.5) is 0 Å². The van der Waals surface area contributed by atoms with Crippen LogP contribution in [0.5, 0.6) is 0 Å². The molecule has 8 heteroatoms. The lowest BCUT2D eigenvalue weighted by Crippen LogP contribution is -2.26. The molecule has 0 bridgehead atoms. The molecule has 0 radical (unpaired) electrons. The van der Waals surface area contributed by atoms with Gasteiger partial charge in [-0.1, -0.05) is 13.8 Å². The van der Waals surface area contributed by atoms with Crippen LogP contribution in [0.2, 0.25) is 0 Å². The van der Waals surface area contributed by atoms with Gasteiger partial charge in [-0.05, 0) is 19.1 Å². The number of hydrogen-bond acceptors (Lipinski definition) is 6. The number of hydrogen-bond donors (Lipinski definition) is 2. The Morgan fingerprint density at radius 2 is 2.05 bits per heavy atom. The number of nitrogens with zero attached hydrogens (tertiary/aromatic N) is 1. The molecule has 2 aromatic rings. The van der Waals surface area contributed by atoms with Crippen molar-refractivity contribution in [3.8, 4) is 0 Å². The molecule has 1 unspecified atom stereocenters. The predicted octanol–water partition coefficient (Wildman–Crippen LogP) is 2.74. The first-order valence-corrected chi connectivity index (χ1v) is 9.80. The first-order chi connectivity index (χ1) is 9.88. The Labute approximate surface area is 133 Å². The highest BCUT2D eigenvalue weighted by atomic mass is 32.2. The summed E-state index contributed by atoms with van der Waals surface area (Å²) in [5, 5.41) is 5.87. The van der Waals surface area contributed by atoms with Crippen molar-refractivity contribution in [2.24, 2.45) is 0 Å². The summed E-state index contributed by atoms with van der Waals surface area (Å²) in [6.07, 6.45) is 1.67. The van der Waals surface area contributed by atoms with Gasteiger partial charge in [0.05, 0.1) is 6.04 Å². The van der Waals surface area contributed by atoms with Gasteiger partial charge >= 0.3 is 0 Å². The maximum atomic E-state index is 12.3. The van der Waals surface area contributed by atoms with E-state index in [1.54, 1.807) is 19.2 Å². The van der Waals surface area contributed by atoms with Gasteiger partial charge in [0.25, 0.3) is 10.0 Å². The van der Waals surface area contributed by atoms with Gasteiger partial charge in [-0.15, -0.1) is 22.7 Å². The molecule has 0 amide bonds. The zero-order chi connectivity index (χ0) is 15.5. The maximum Gasteiger partial charge on any atom is 0.250 e. The van der Waals surface area contributed by atoms with Crippen LogP contribution in [0.3, 0.4) is 0 Å². The fourth-order valence-corrected chi connectivity index (χ4v) is 4.94. The number of rotatable bonds is 7. The quantitative estimate of drug-likeness (QED) is 0.809. The van der Waals surface area contributed by atoms with Crippen molar-refractivity contribution in [3.05, 3.63) is 33.6 Å². The summed E-state index contributed by atoms with van der Waals surface area (Å²) in [6.45, 7) is 6.59. The summed E-state index contributed by atoms with van der Waals surface area (Å²) in [5.74, 6) is 0. The van der Waals surface area contributed by atoms with Gasteiger partial charge in [0.1, 0.15) is 9.22 Å². The largest absolute Gasteiger partial charge is 0.310 e. The molecule has 0 aliphatic carbocycles. The van der Waals surface area contributed by atoms with Crippen LogP contribution in [-0.2, 0) is 16.6 Å². The van der Waals surface area contributed by atoms with E-state index in [2.05, 4.69) is 28.9 Å². The van der Waals surface area contributed by atoms with Crippen molar-refractivity contribution in [1.29, 1.82) is 0 Å². The van der Waals surface area contributed by atoms with Crippen molar-refractivity contribution in [2.75, 3.05) is 0 Å². The zero-order valence-electron chi connectivity index (χ0n) is 12.2. The molecule has 2 heterocycles. The first-order valence-electron chi connectivity index (χ1n) is 6.62. The Morgan fingerprint density at radius 1 is 1.29 bits per heavy atom. The number of thiazole rings is 1. The fourth-order valence-electron chi connectivity index (χ4n) is 1.69. The third-order valence-corrected chi connectivity index (χ3v) is 6.82. The van der Waals surface area contributed by atoms with Crippen molar-refractivity contribution in [2.45, 2.75) is 43.6 Å². The van der Waals surface area contributed by atoms with Crippen LogP contribution in [0, 0.1) is 0 Å². The summed E-state index contributed by atoms with van der Waals surface area (Å²) in [5.41, 5.74) is 0. The highest BCUT2D eigenvalue weighted by molar-refractivity contribution is 7.91. The van der Waals surface area contributed by atoms with E-state index in [1.165, 1.54) is 22.7 Å². The van der Waals surface area contributed by atoms with Crippen LogP contribution >= 0.6 is 22.7 Å². The highest BCUT2D eigenvalue weighted by Crippen LogP contribution is 2.24. The first kappa shape index (κ1) is 16.6. The standard InChI is InChI=1S/C13H19N3O2S3/c1-9(2)15-8-11-4-5-12(20-11)21(17,18)16-10(3)13-14-6-7-19-13/h4-7,9-10,15-16H,8H2,1-3H3. The van der Waals surface area contributed by atoms with E-state index in [0.717, 1.165) is 9.88 Å². The van der Waals surface area contributed by atoms with Crippen LogP contribution in [0.1, 0.15) is 36.7 Å². The SMILES string of the molecule is CC(C)NCc1ccc(S(=O)(=O)NC(C)c2nccs2)s1. The summed E-state index contributed by atoms with van der Waals surface area (Å²) in [4.78, 5) is 5.14. The summed E-state index contributed by atoms with van der Waals surface area (Å²) in [6, 6.07) is 3.55. The molecule has 0 fully saturated rings. The highest BCUT2D eigenvalue weighted by Gasteiger charge is 2.21. The molecule has 2 N–H and O–H groups in total. The normalized spacial score (nSPS) is 13.7. The maximum absolute atomic E-state index is 12.3. The summed E-state index contributed by atoms with van der Waals surface area (Å²) in [7, 11) is -3.50. The average Bonchev–Trinajstić information content (AvgIpc) is 3.07. The lowest BCUT2D eigenvalue weighted by molar-refractivity contribution is 0.568. The van der Waals surface area contributed by atoms with Crippen LogP contribution in [0.25, 0.3) is 0 Å². The van der Waals surface area contributed by atoms with Gasteiger partial charge < -0.3 is 5.32 Å². The van der Waals surface area contributed by atoms with E-state index in [-0.39, 0.29) is 6.04 Å². The molecule has 21 heavy (non-hydrogen) atoms. The van der Waals surface area contributed by atoms with Crippen LogP contribution in [-0.4, -0.2) is 19.4 Å². The molecule has 2 aromatic heterocycles. The number of sulfonamides is 1. The predicted molar refractivity (Wildman–Crippen MR) is 87.1 cm³/mol. The molecule has 0 spiro atoms. The topological polar surface area (TPSA) is 71.1 Å². The minimum absolute atomic E-state index is 0.325. The molecule has 116 valence electrons. The third-order valence-electron chi connectivity index (χ3n) is 2.74. The van der Waals surface area contributed by atoms with Crippen molar-refractivity contribution < 1.29 is 8.42 Å². The van der Waals surface area contributed by atoms with E-state index < -0.39 is 10.0 Å². The molecular formula is C13H19N3O2S3. The van der Waals surface area contributed by atoms with Gasteiger partial charge in [0.15, 0.2) is 0 Å². The average molecular weight is 346 g/mol. The molecule has 1 atom stereocenters. The molecule has 2 rings (SSSR count). The molecule has 0 aliphatic rings. The van der Waals surface area contributed by atoms with E-state index in [0.29, 0.717) is 16.8 Å². The van der Waals surface area contributed by atoms with E-state index in [9.17, 15) is 8.42 Å². The van der Waals surface area contributed by atoms with Crippen LogP contribution in [0.15, 0.2) is 27.9 Å². The summed E-state index contributed by atoms with van der Waals surface area (Å²) >= 11 is 2.73. The monoisotopic (exact) mass is 345 g/mol. The van der Waals surface area contributed by atoms with Crippen molar-refractivity contribution in [3.63, 3.8) is 0 Å². The molecule has 5 nitrogen and oxygen atoms in total. The van der Waals surface area contributed by atoms with Crippen LogP contribution < -0.4 is 10.0 Å². The van der Waals surface area contributed by atoms with Crippen molar-refractivity contribution >= 4 is 32.7 Å². The Hall–Kier alpha value is -0.800. The van der Waals surface area contributed by atoms with E-state index in [4.69, 9.17) is 0 Å². The van der Waals surface area contributed by atoms with Gasteiger partial charge in [-0.25, -0.2) is 18.1 Å². The Balaban J connectivity index is 2.05. The fraction of sp³-hybridized carbons (Fsp3) is 0.462. The minimum Gasteiger partial charge on any atom is -0.310 e. The van der Waals surface area contributed by atoms with Gasteiger partial charge in [-0.2, -0.15) is 0 Å². The smallest absolute Gasteiger partial charge is 0.250 e. The summed E-state index contributed by atoms with van der Waals surface area (Å²) < 4.78 is 27.7. The number of aromatic nitrogens is 1. The second kappa shape index (κ2) is 6.97. The van der Waals surface area contributed by atoms with Gasteiger partial charge in [0.2, 0.25) is 0 Å². The minimum atomic E-state index is -3.50. The molecular weight excluding hydrogens is 326 g/mol. The van der Waals surface area contributed by atoms with E-state index in [1.807, 2.05) is 11.4 Å². The molecule has 0 aromatic carbocycles. The third kappa shape index (κ3) is 4.58. The van der Waals surface area contributed by atoms with Crippen molar-refractivity contribution in [1.82, 2.24) is 15.0 Å². The number of thiophene rings is 1. The molecule has 0 aliphatic heterocycles. The lowest BCUT2D eigenvalue weighted by atomic mass is 10.4. The van der Waals surface area contributed by atoms with E-state index >= 15 is 0 Å². The zero-order valence-corrected chi connectivity index (χ0v) is 14.6. The molecule has 0 saturated carbocycles. The Bertz CT molecular complexity index is 663. The number of nitrogens with one attached hydrogen (secondary N) is 2. The second-order valence-electron chi connectivity index (χ2n) is 4.97. The lowest BCUT2D eigenvalue weighted by Gasteiger charge is -2.10. The van der Waals surface area contributed by atoms with Gasteiger partial charge in [-0.3, -0.25) is 0 Å². The second-order valence-corrected chi connectivity index (χ2v) is 9.00. The molecule has 0 saturated heterocycles. The van der Waals surface area contributed by atoms with Gasteiger partial charge in [0, 0.05) is 29.0 Å².